The van der Waals surface area contributed by atoms with Crippen molar-refractivity contribution in [3.8, 4) is 6.07 Å². The number of nitriles is 1. The Morgan fingerprint density at radius 1 is 1.16 bits per heavy atom. The molecular weight excluding hydrogens is 245 g/mol. The number of hydrogen-bond donors (Lipinski definition) is 0. The second kappa shape index (κ2) is 5.78. The van der Waals surface area contributed by atoms with E-state index < -0.39 is 11.8 Å². The lowest BCUT2D eigenvalue weighted by Gasteiger charge is -2.06. The lowest BCUT2D eigenvalue weighted by Crippen LogP contribution is -2.09. The number of nitrogens with zero attached hydrogens (tertiary/aromatic N) is 1. The summed E-state index contributed by atoms with van der Waals surface area (Å²) in [4.78, 5) is 11.8. The predicted molar refractivity (Wildman–Crippen MR) is 66.7 cm³/mol. The van der Waals surface area contributed by atoms with Crippen LogP contribution in [0.5, 0.6) is 0 Å². The van der Waals surface area contributed by atoms with Gasteiger partial charge in [-0.25, -0.2) is 9.18 Å². The average molecular weight is 255 g/mol. The lowest BCUT2D eigenvalue weighted by molar-refractivity contribution is 0.0467. The Morgan fingerprint density at radius 3 is 2.58 bits per heavy atom. The molecule has 0 saturated carbocycles. The van der Waals surface area contributed by atoms with Gasteiger partial charge in [-0.3, -0.25) is 0 Å². The van der Waals surface area contributed by atoms with Crippen molar-refractivity contribution in [3.63, 3.8) is 0 Å². The first-order chi connectivity index (χ1) is 9.22. The first-order valence-corrected chi connectivity index (χ1v) is 5.62. The fraction of sp³-hybridized carbons (Fsp3) is 0.0667. The summed E-state index contributed by atoms with van der Waals surface area (Å²) in [6.45, 7) is 0.0406. The summed E-state index contributed by atoms with van der Waals surface area (Å²) in [5, 5.41) is 8.85. The van der Waals surface area contributed by atoms with Crippen LogP contribution in [0.1, 0.15) is 21.5 Å². The van der Waals surface area contributed by atoms with Crippen LogP contribution in [0.4, 0.5) is 4.39 Å². The van der Waals surface area contributed by atoms with Crippen molar-refractivity contribution in [2.75, 3.05) is 0 Å². The Morgan fingerprint density at radius 2 is 1.89 bits per heavy atom. The van der Waals surface area contributed by atoms with Crippen LogP contribution in [0, 0.1) is 17.1 Å². The Labute approximate surface area is 109 Å². The van der Waals surface area contributed by atoms with Gasteiger partial charge >= 0.3 is 5.97 Å². The third-order valence-corrected chi connectivity index (χ3v) is 2.55. The van der Waals surface area contributed by atoms with Gasteiger partial charge in [-0.2, -0.15) is 5.26 Å². The van der Waals surface area contributed by atoms with Crippen LogP contribution in [0.15, 0.2) is 48.5 Å². The van der Waals surface area contributed by atoms with E-state index in [1.54, 1.807) is 18.2 Å². The summed E-state index contributed by atoms with van der Waals surface area (Å²) in [5.74, 6) is -1.59. The highest BCUT2D eigenvalue weighted by molar-refractivity contribution is 5.92. The van der Waals surface area contributed by atoms with Crippen molar-refractivity contribution in [2.45, 2.75) is 6.61 Å². The SMILES string of the molecule is N#Cc1cccc(F)c1C(=O)OCc1ccccc1. The molecule has 0 atom stereocenters. The second-order valence-electron chi connectivity index (χ2n) is 3.84. The van der Waals surface area contributed by atoms with Crippen LogP contribution in [0.3, 0.4) is 0 Å². The number of carbonyl (C=O) groups is 1. The molecule has 0 aliphatic heterocycles. The summed E-state index contributed by atoms with van der Waals surface area (Å²) in [6.07, 6.45) is 0. The largest absolute Gasteiger partial charge is 0.457 e. The molecule has 0 aliphatic rings. The normalized spacial score (nSPS) is 9.68. The minimum atomic E-state index is -0.835. The molecule has 3 nitrogen and oxygen atoms in total. The van der Waals surface area contributed by atoms with Gasteiger partial charge in [0.2, 0.25) is 0 Å². The van der Waals surface area contributed by atoms with Gasteiger partial charge in [-0.15, -0.1) is 0 Å². The Balaban J connectivity index is 2.15. The van der Waals surface area contributed by atoms with Gasteiger partial charge in [0, 0.05) is 0 Å². The van der Waals surface area contributed by atoms with Crippen LogP contribution >= 0.6 is 0 Å². The van der Waals surface area contributed by atoms with Gasteiger partial charge < -0.3 is 4.74 Å². The number of halogens is 1. The maximum absolute atomic E-state index is 13.6. The number of hydrogen-bond acceptors (Lipinski definition) is 3. The third kappa shape index (κ3) is 2.96. The first-order valence-electron chi connectivity index (χ1n) is 5.62. The first kappa shape index (κ1) is 12.8. The smallest absolute Gasteiger partial charge is 0.342 e. The van der Waals surface area contributed by atoms with E-state index >= 15 is 0 Å². The molecular formula is C15H10FNO2. The Hall–Kier alpha value is -2.67. The fourth-order valence-electron chi connectivity index (χ4n) is 1.62. The van der Waals surface area contributed by atoms with Crippen molar-refractivity contribution in [1.29, 1.82) is 5.26 Å². The molecule has 4 heteroatoms. The predicted octanol–water partition coefficient (Wildman–Crippen LogP) is 3.05. The zero-order valence-electron chi connectivity index (χ0n) is 9.97. The van der Waals surface area contributed by atoms with E-state index in [1.807, 2.05) is 18.2 Å². The van der Waals surface area contributed by atoms with Crippen LogP contribution in [0.25, 0.3) is 0 Å². The van der Waals surface area contributed by atoms with E-state index in [4.69, 9.17) is 10.00 Å². The van der Waals surface area contributed by atoms with Gasteiger partial charge in [0.15, 0.2) is 0 Å². The van der Waals surface area contributed by atoms with Gasteiger partial charge in [-0.1, -0.05) is 36.4 Å². The highest BCUT2D eigenvalue weighted by Gasteiger charge is 2.18. The molecule has 0 amide bonds. The maximum atomic E-state index is 13.6. The number of benzene rings is 2. The van der Waals surface area contributed by atoms with Gasteiger partial charge in [0.25, 0.3) is 0 Å². The molecule has 0 N–H and O–H groups in total. The van der Waals surface area contributed by atoms with E-state index in [9.17, 15) is 9.18 Å². The van der Waals surface area contributed by atoms with E-state index in [2.05, 4.69) is 0 Å². The van der Waals surface area contributed by atoms with Gasteiger partial charge in [0.05, 0.1) is 5.56 Å². The highest BCUT2D eigenvalue weighted by Crippen LogP contribution is 2.15. The van der Waals surface area contributed by atoms with Crippen molar-refractivity contribution in [1.82, 2.24) is 0 Å². The van der Waals surface area contributed by atoms with Gasteiger partial charge in [0.1, 0.15) is 24.1 Å². The molecule has 2 rings (SSSR count). The van der Waals surface area contributed by atoms with Crippen LogP contribution in [-0.4, -0.2) is 5.97 Å². The fourth-order valence-corrected chi connectivity index (χ4v) is 1.62. The number of carbonyl (C=O) groups excluding carboxylic acids is 1. The summed E-state index contributed by atoms with van der Waals surface area (Å²) in [6, 6.07) is 14.7. The Kier molecular flexibility index (Phi) is 3.89. The summed E-state index contributed by atoms with van der Waals surface area (Å²) >= 11 is 0. The topological polar surface area (TPSA) is 50.1 Å². The molecule has 0 bridgehead atoms. The van der Waals surface area contributed by atoms with Crippen molar-refractivity contribution < 1.29 is 13.9 Å². The van der Waals surface area contributed by atoms with Crippen LogP contribution in [0.2, 0.25) is 0 Å². The maximum Gasteiger partial charge on any atom is 0.342 e. The molecule has 0 fully saturated rings. The molecule has 0 radical (unpaired) electrons. The second-order valence-corrected chi connectivity index (χ2v) is 3.84. The molecule has 0 unspecified atom stereocenters. The molecule has 2 aromatic carbocycles. The molecule has 94 valence electrons. The van der Waals surface area contributed by atoms with E-state index in [0.717, 1.165) is 11.6 Å². The van der Waals surface area contributed by atoms with Crippen LogP contribution in [-0.2, 0) is 11.3 Å². The quantitative estimate of drug-likeness (QED) is 0.792. The minimum absolute atomic E-state index is 0.0296. The van der Waals surface area contributed by atoms with Crippen molar-refractivity contribution in [2.24, 2.45) is 0 Å². The molecule has 0 saturated heterocycles. The van der Waals surface area contributed by atoms with E-state index in [1.165, 1.54) is 12.1 Å². The molecule has 0 aromatic heterocycles. The van der Waals surface area contributed by atoms with E-state index in [0.29, 0.717) is 0 Å². The number of ether oxygens (including phenoxy) is 1. The third-order valence-electron chi connectivity index (χ3n) is 2.55. The lowest BCUT2D eigenvalue weighted by atomic mass is 10.1. The summed E-state index contributed by atoms with van der Waals surface area (Å²) < 4.78 is 18.6. The minimum Gasteiger partial charge on any atom is -0.457 e. The number of esters is 1. The zero-order valence-corrected chi connectivity index (χ0v) is 9.97. The summed E-state index contributed by atoms with van der Waals surface area (Å²) in [5.41, 5.74) is 0.449. The van der Waals surface area contributed by atoms with Crippen molar-refractivity contribution in [3.05, 3.63) is 71.0 Å². The van der Waals surface area contributed by atoms with Crippen LogP contribution < -0.4 is 0 Å². The Bertz CT molecular complexity index is 632. The molecule has 0 aliphatic carbocycles. The molecule has 0 spiro atoms. The summed E-state index contributed by atoms with van der Waals surface area (Å²) in [7, 11) is 0. The average Bonchev–Trinajstić information content (AvgIpc) is 2.45. The van der Waals surface area contributed by atoms with Crippen molar-refractivity contribution >= 4 is 5.97 Å². The monoisotopic (exact) mass is 255 g/mol. The zero-order chi connectivity index (χ0) is 13.7. The number of rotatable bonds is 3. The molecule has 19 heavy (non-hydrogen) atoms. The molecule has 0 heterocycles. The standard InChI is InChI=1S/C15H10FNO2/c16-13-8-4-7-12(9-17)14(13)15(18)19-10-11-5-2-1-3-6-11/h1-8H,10H2. The molecule has 2 aromatic rings. The highest BCUT2D eigenvalue weighted by atomic mass is 19.1. The van der Waals surface area contributed by atoms with Gasteiger partial charge in [-0.05, 0) is 17.7 Å². The van der Waals surface area contributed by atoms with E-state index in [-0.39, 0.29) is 17.7 Å².